The third-order valence-corrected chi connectivity index (χ3v) is 3.39. The second-order valence-corrected chi connectivity index (χ2v) is 5.09. The summed E-state index contributed by atoms with van der Waals surface area (Å²) in [6.07, 6.45) is 5.36. The van der Waals surface area contributed by atoms with Gasteiger partial charge in [-0.05, 0) is 34.5 Å². The molecule has 2 aromatic heterocycles. The van der Waals surface area contributed by atoms with Gasteiger partial charge in [-0.1, -0.05) is 13.0 Å². The summed E-state index contributed by atoms with van der Waals surface area (Å²) in [5.41, 5.74) is 8.32. The molecule has 5 heteroatoms. The summed E-state index contributed by atoms with van der Waals surface area (Å²) in [5.74, 6) is 0. The number of aryl methyl sites for hydroxylation is 1. The predicted molar refractivity (Wildman–Crippen MR) is 75.1 cm³/mol. The lowest BCUT2D eigenvalue weighted by Gasteiger charge is -2.14. The van der Waals surface area contributed by atoms with Crippen LogP contribution in [0, 0.1) is 0 Å². The van der Waals surface area contributed by atoms with Crippen molar-refractivity contribution in [2.24, 2.45) is 5.73 Å². The molecule has 1 unspecified atom stereocenters. The Labute approximate surface area is 115 Å². The van der Waals surface area contributed by atoms with Crippen molar-refractivity contribution in [1.82, 2.24) is 14.8 Å². The van der Waals surface area contributed by atoms with E-state index in [1.54, 1.807) is 6.20 Å². The van der Waals surface area contributed by atoms with Gasteiger partial charge >= 0.3 is 0 Å². The van der Waals surface area contributed by atoms with Gasteiger partial charge in [0.2, 0.25) is 0 Å². The molecule has 0 fully saturated rings. The summed E-state index contributed by atoms with van der Waals surface area (Å²) >= 11 is 3.52. The minimum Gasteiger partial charge on any atom is -0.322 e. The Morgan fingerprint density at radius 3 is 2.94 bits per heavy atom. The van der Waals surface area contributed by atoms with E-state index in [1.807, 2.05) is 29.1 Å². The third kappa shape index (κ3) is 2.97. The quantitative estimate of drug-likeness (QED) is 0.924. The minimum absolute atomic E-state index is 0.0941. The van der Waals surface area contributed by atoms with E-state index in [9.17, 15) is 0 Å². The topological polar surface area (TPSA) is 56.7 Å². The zero-order valence-electron chi connectivity index (χ0n) is 10.4. The van der Waals surface area contributed by atoms with Crippen LogP contribution < -0.4 is 5.73 Å². The number of halogens is 1. The highest BCUT2D eigenvalue weighted by molar-refractivity contribution is 9.10. The van der Waals surface area contributed by atoms with Crippen LogP contribution >= 0.6 is 15.9 Å². The van der Waals surface area contributed by atoms with Crippen LogP contribution in [0.1, 0.15) is 30.8 Å². The van der Waals surface area contributed by atoms with Gasteiger partial charge in [-0.25, -0.2) is 0 Å². The first kappa shape index (κ1) is 13.2. The van der Waals surface area contributed by atoms with E-state index in [1.165, 1.54) is 0 Å². The largest absolute Gasteiger partial charge is 0.322 e. The molecule has 2 heterocycles. The molecule has 96 valence electrons. The summed E-state index contributed by atoms with van der Waals surface area (Å²) in [5, 5.41) is 4.34. The van der Waals surface area contributed by atoms with E-state index in [-0.39, 0.29) is 6.04 Å². The molecule has 2 aromatic rings. The number of nitrogens with zero attached hydrogens (tertiary/aromatic N) is 3. The van der Waals surface area contributed by atoms with Gasteiger partial charge in [0.05, 0.1) is 22.4 Å². The molecule has 0 saturated heterocycles. The first-order valence-corrected chi connectivity index (χ1v) is 6.88. The zero-order chi connectivity index (χ0) is 13.0. The maximum Gasteiger partial charge on any atom is 0.0697 e. The molecule has 0 radical (unpaired) electrons. The summed E-state index contributed by atoms with van der Waals surface area (Å²) in [7, 11) is 0. The van der Waals surface area contributed by atoms with Gasteiger partial charge in [0, 0.05) is 24.9 Å². The van der Waals surface area contributed by atoms with Crippen LogP contribution in [0.15, 0.2) is 35.1 Å². The van der Waals surface area contributed by atoms with E-state index < -0.39 is 0 Å². The number of rotatable bonds is 5. The molecule has 0 spiro atoms. The number of pyridine rings is 1. The number of hydrogen-bond donors (Lipinski definition) is 1. The van der Waals surface area contributed by atoms with Crippen molar-refractivity contribution in [2.75, 3.05) is 0 Å². The Balaban J connectivity index is 2.18. The molecular formula is C13H17BrN4. The lowest BCUT2D eigenvalue weighted by molar-refractivity contribution is 0.534. The van der Waals surface area contributed by atoms with Crippen molar-refractivity contribution in [2.45, 2.75) is 32.4 Å². The molecule has 0 saturated carbocycles. The third-order valence-electron chi connectivity index (χ3n) is 2.78. The van der Waals surface area contributed by atoms with Gasteiger partial charge in [-0.3, -0.25) is 9.67 Å². The highest BCUT2D eigenvalue weighted by Crippen LogP contribution is 2.24. The van der Waals surface area contributed by atoms with E-state index in [0.717, 1.165) is 35.2 Å². The fraction of sp³-hybridized carbons (Fsp3) is 0.385. The van der Waals surface area contributed by atoms with Crippen LogP contribution in [0.4, 0.5) is 0 Å². The second kappa shape index (κ2) is 6.11. The summed E-state index contributed by atoms with van der Waals surface area (Å²) in [6, 6.07) is 5.79. The van der Waals surface area contributed by atoms with Gasteiger partial charge in [-0.15, -0.1) is 0 Å². The fourth-order valence-electron chi connectivity index (χ4n) is 1.97. The molecule has 0 aliphatic heterocycles. The minimum atomic E-state index is -0.0941. The smallest absolute Gasteiger partial charge is 0.0697 e. The molecular weight excluding hydrogens is 292 g/mol. The second-order valence-electron chi connectivity index (χ2n) is 4.23. The van der Waals surface area contributed by atoms with E-state index in [2.05, 4.69) is 32.9 Å². The van der Waals surface area contributed by atoms with Crippen molar-refractivity contribution >= 4 is 15.9 Å². The summed E-state index contributed by atoms with van der Waals surface area (Å²) in [6.45, 7) is 3.01. The molecule has 2 rings (SSSR count). The first-order chi connectivity index (χ1) is 8.72. The predicted octanol–water partition coefficient (Wildman–Crippen LogP) is 2.69. The van der Waals surface area contributed by atoms with Crippen LogP contribution in [0.5, 0.6) is 0 Å². The van der Waals surface area contributed by atoms with E-state index >= 15 is 0 Å². The Hall–Kier alpha value is -1.20. The molecule has 18 heavy (non-hydrogen) atoms. The maximum absolute atomic E-state index is 6.27. The van der Waals surface area contributed by atoms with Gasteiger partial charge < -0.3 is 5.73 Å². The van der Waals surface area contributed by atoms with Crippen LogP contribution in [-0.4, -0.2) is 14.8 Å². The SMILES string of the molecule is CCCn1ncc(Br)c1C(N)Cc1ccccn1. The Kier molecular flexibility index (Phi) is 4.49. The van der Waals surface area contributed by atoms with E-state index in [4.69, 9.17) is 5.73 Å². The number of aromatic nitrogens is 3. The van der Waals surface area contributed by atoms with Crippen molar-refractivity contribution in [3.8, 4) is 0 Å². The zero-order valence-corrected chi connectivity index (χ0v) is 12.0. The average Bonchev–Trinajstić information content (AvgIpc) is 2.72. The Morgan fingerprint density at radius 2 is 2.28 bits per heavy atom. The highest BCUT2D eigenvalue weighted by atomic mass is 79.9. The summed E-state index contributed by atoms with van der Waals surface area (Å²) in [4.78, 5) is 4.31. The molecule has 0 bridgehead atoms. The average molecular weight is 309 g/mol. The van der Waals surface area contributed by atoms with Gasteiger partial charge in [0.1, 0.15) is 0 Å². The highest BCUT2D eigenvalue weighted by Gasteiger charge is 2.17. The van der Waals surface area contributed by atoms with Crippen LogP contribution in [0.3, 0.4) is 0 Å². The monoisotopic (exact) mass is 308 g/mol. The Bertz CT molecular complexity index is 495. The fourth-order valence-corrected chi connectivity index (χ4v) is 2.56. The first-order valence-electron chi connectivity index (χ1n) is 6.09. The van der Waals surface area contributed by atoms with Gasteiger partial charge in [0.15, 0.2) is 0 Å². The van der Waals surface area contributed by atoms with Crippen LogP contribution in [0.2, 0.25) is 0 Å². The summed E-state index contributed by atoms with van der Waals surface area (Å²) < 4.78 is 2.94. The van der Waals surface area contributed by atoms with Crippen LogP contribution in [0.25, 0.3) is 0 Å². The molecule has 0 aliphatic rings. The maximum atomic E-state index is 6.27. The lowest BCUT2D eigenvalue weighted by atomic mass is 10.1. The van der Waals surface area contributed by atoms with Gasteiger partial charge in [0.25, 0.3) is 0 Å². The van der Waals surface area contributed by atoms with Crippen LogP contribution in [-0.2, 0) is 13.0 Å². The van der Waals surface area contributed by atoms with Crippen molar-refractivity contribution in [1.29, 1.82) is 0 Å². The molecule has 0 amide bonds. The number of nitrogens with two attached hydrogens (primary N) is 1. The Morgan fingerprint density at radius 1 is 1.44 bits per heavy atom. The molecule has 0 aromatic carbocycles. The van der Waals surface area contributed by atoms with Crippen molar-refractivity contribution in [3.63, 3.8) is 0 Å². The van der Waals surface area contributed by atoms with Gasteiger partial charge in [-0.2, -0.15) is 5.10 Å². The van der Waals surface area contributed by atoms with E-state index in [0.29, 0.717) is 0 Å². The number of hydrogen-bond acceptors (Lipinski definition) is 3. The lowest BCUT2D eigenvalue weighted by Crippen LogP contribution is -2.19. The normalized spacial score (nSPS) is 12.6. The molecule has 4 nitrogen and oxygen atoms in total. The molecule has 0 aliphatic carbocycles. The standard InChI is InChI=1S/C13H17BrN4/c1-2-7-18-13(11(14)9-17-18)12(15)8-10-5-3-4-6-16-10/h3-6,9,12H,2,7-8,15H2,1H3. The molecule has 1 atom stereocenters. The molecule has 2 N–H and O–H groups in total. The van der Waals surface area contributed by atoms with Crippen molar-refractivity contribution < 1.29 is 0 Å². The van der Waals surface area contributed by atoms with Crippen molar-refractivity contribution in [3.05, 3.63) is 46.5 Å².